The molecule has 2 nitrogen and oxygen atoms in total. The van der Waals surface area contributed by atoms with Gasteiger partial charge in [0.1, 0.15) is 12.2 Å². The molecule has 0 aromatic heterocycles. The maximum absolute atomic E-state index is 8.38. The molecular weight excluding hydrogens is 80.0 g/mol. The van der Waals surface area contributed by atoms with Crippen LogP contribution in [0.3, 0.4) is 0 Å². The smallest absolute Gasteiger partial charge is 0.102 e. The van der Waals surface area contributed by atoms with E-state index in [4.69, 9.17) is 10.2 Å². The van der Waals surface area contributed by atoms with Crippen LogP contribution in [0.5, 0.6) is 0 Å². The van der Waals surface area contributed by atoms with E-state index in [0.29, 0.717) is 0 Å². The molecule has 2 atom stereocenters. The van der Waals surface area contributed by atoms with Gasteiger partial charge in [0.05, 0.1) is 0 Å². The summed E-state index contributed by atoms with van der Waals surface area (Å²) in [6.07, 6.45) is 1.91. The highest BCUT2D eigenvalue weighted by Gasteiger charge is 2.16. The summed E-state index contributed by atoms with van der Waals surface area (Å²) < 4.78 is 0. The molecule has 1 rings (SSSR count). The molecule has 0 saturated heterocycles. The Bertz CT molecular complexity index is 67.6. The zero-order chi connectivity index (χ0) is 4.57. The van der Waals surface area contributed by atoms with E-state index in [1.54, 1.807) is 12.2 Å². The Hall–Kier alpha value is -0.340. The second-order valence-electron chi connectivity index (χ2n) is 1.37. The van der Waals surface area contributed by atoms with Crippen LogP contribution in [0.2, 0.25) is 0 Å². The van der Waals surface area contributed by atoms with E-state index >= 15 is 0 Å². The van der Waals surface area contributed by atoms with Crippen molar-refractivity contribution in [1.82, 2.24) is 0 Å². The van der Waals surface area contributed by atoms with Gasteiger partial charge < -0.3 is 10.2 Å². The Morgan fingerprint density at radius 3 is 1.33 bits per heavy atom. The highest BCUT2D eigenvalue weighted by molar-refractivity contribution is 5.10. The molecule has 0 spiro atoms. The largest absolute Gasteiger partial charge is 0.386 e. The lowest BCUT2D eigenvalue weighted by Gasteiger charge is -2.17. The fourth-order valence-electron chi connectivity index (χ4n) is 0.310. The minimum atomic E-state index is -0.593. The fourth-order valence-corrected chi connectivity index (χ4v) is 0.310. The van der Waals surface area contributed by atoms with Crippen molar-refractivity contribution in [3.8, 4) is 0 Å². The molecule has 0 radical (unpaired) electrons. The van der Waals surface area contributed by atoms with Crippen LogP contribution < -0.4 is 0 Å². The zero-order valence-corrected chi connectivity index (χ0v) is 3.20. The Kier molecular flexibility index (Phi) is 0.680. The van der Waals surface area contributed by atoms with Crippen molar-refractivity contribution in [3.63, 3.8) is 0 Å². The third-order valence-electron chi connectivity index (χ3n) is 0.855. The summed E-state index contributed by atoms with van der Waals surface area (Å²) in [7, 11) is 0. The van der Waals surface area contributed by atoms with Crippen molar-refractivity contribution >= 4 is 0 Å². The third-order valence-corrected chi connectivity index (χ3v) is 0.855. The average Bonchev–Trinajstić information content (AvgIpc) is 1.61. The van der Waals surface area contributed by atoms with E-state index in [2.05, 4.69) is 0 Å². The molecule has 0 fully saturated rings. The normalized spacial score (nSPS) is 42.3. The molecule has 0 unspecified atom stereocenters. The van der Waals surface area contributed by atoms with Crippen LogP contribution in [0.4, 0.5) is 0 Å². The van der Waals surface area contributed by atoms with E-state index < -0.39 is 12.2 Å². The van der Waals surface area contributed by atoms with Crippen molar-refractivity contribution in [2.24, 2.45) is 0 Å². The van der Waals surface area contributed by atoms with E-state index in [9.17, 15) is 0 Å². The lowest BCUT2D eigenvalue weighted by molar-refractivity contribution is 0.0597. The van der Waals surface area contributed by atoms with Crippen LogP contribution in [0.25, 0.3) is 0 Å². The molecule has 1 aliphatic carbocycles. The maximum Gasteiger partial charge on any atom is 0.102 e. The monoisotopic (exact) mass is 86.0 g/mol. The van der Waals surface area contributed by atoms with Crippen LogP contribution in [0.15, 0.2) is 12.2 Å². The van der Waals surface area contributed by atoms with Crippen LogP contribution in [0, 0.1) is 0 Å². The van der Waals surface area contributed by atoms with E-state index in [0.717, 1.165) is 0 Å². The first-order valence-electron chi connectivity index (χ1n) is 1.85. The zero-order valence-electron chi connectivity index (χ0n) is 3.20. The Balaban J connectivity index is 2.45. The molecule has 0 amide bonds. The molecule has 34 valence electrons. The van der Waals surface area contributed by atoms with Gasteiger partial charge in [-0.05, 0) is 0 Å². The molecule has 0 heterocycles. The van der Waals surface area contributed by atoms with Crippen molar-refractivity contribution in [1.29, 1.82) is 0 Å². The van der Waals surface area contributed by atoms with Crippen LogP contribution >= 0.6 is 0 Å². The first kappa shape index (κ1) is 3.84. The number of hydrogen-bond donors (Lipinski definition) is 2. The molecular formula is C4H6O2. The fraction of sp³-hybridized carbons (Fsp3) is 0.500. The summed E-state index contributed by atoms with van der Waals surface area (Å²) in [6, 6.07) is 0. The van der Waals surface area contributed by atoms with Crippen molar-refractivity contribution in [2.75, 3.05) is 0 Å². The summed E-state index contributed by atoms with van der Waals surface area (Å²) in [6.45, 7) is 0. The predicted molar refractivity (Wildman–Crippen MR) is 21.2 cm³/mol. The molecule has 6 heavy (non-hydrogen) atoms. The lowest BCUT2D eigenvalue weighted by Crippen LogP contribution is -2.28. The summed E-state index contributed by atoms with van der Waals surface area (Å²) >= 11 is 0. The highest BCUT2D eigenvalue weighted by Crippen LogP contribution is 2.06. The minimum absolute atomic E-state index is 0.593. The van der Waals surface area contributed by atoms with E-state index in [1.807, 2.05) is 0 Å². The average molecular weight is 86.1 g/mol. The molecule has 0 bridgehead atoms. The minimum Gasteiger partial charge on any atom is -0.386 e. The van der Waals surface area contributed by atoms with Gasteiger partial charge in [-0.3, -0.25) is 0 Å². The lowest BCUT2D eigenvalue weighted by atomic mass is 10.0. The van der Waals surface area contributed by atoms with Crippen molar-refractivity contribution in [3.05, 3.63) is 12.2 Å². The second kappa shape index (κ2) is 1.06. The molecule has 0 aromatic rings. The Morgan fingerprint density at radius 1 is 1.00 bits per heavy atom. The summed E-state index contributed by atoms with van der Waals surface area (Å²) in [5.74, 6) is 0. The molecule has 2 heteroatoms. The van der Waals surface area contributed by atoms with Crippen molar-refractivity contribution in [2.45, 2.75) is 12.2 Å². The molecule has 0 aromatic carbocycles. The van der Waals surface area contributed by atoms with Crippen LogP contribution in [0.1, 0.15) is 0 Å². The van der Waals surface area contributed by atoms with Gasteiger partial charge in [-0.25, -0.2) is 0 Å². The molecule has 1 aliphatic rings. The van der Waals surface area contributed by atoms with Gasteiger partial charge in [0.2, 0.25) is 0 Å². The van der Waals surface area contributed by atoms with Gasteiger partial charge in [0, 0.05) is 0 Å². The van der Waals surface area contributed by atoms with Gasteiger partial charge in [-0.2, -0.15) is 0 Å². The topological polar surface area (TPSA) is 40.5 Å². The highest BCUT2D eigenvalue weighted by atomic mass is 16.3. The van der Waals surface area contributed by atoms with Gasteiger partial charge in [-0.1, -0.05) is 12.2 Å². The molecule has 0 saturated carbocycles. The van der Waals surface area contributed by atoms with E-state index in [-0.39, 0.29) is 0 Å². The van der Waals surface area contributed by atoms with Crippen molar-refractivity contribution < 1.29 is 10.2 Å². The second-order valence-corrected chi connectivity index (χ2v) is 1.37. The Labute approximate surface area is 35.7 Å². The first-order valence-corrected chi connectivity index (χ1v) is 1.85. The number of aliphatic hydroxyl groups is 2. The standard InChI is InChI=1S/C4H6O2/c5-3-1-2-4(3)6/h1-6H/t3-,4-/m1/s1. The van der Waals surface area contributed by atoms with Gasteiger partial charge in [0.25, 0.3) is 0 Å². The van der Waals surface area contributed by atoms with Crippen LogP contribution in [-0.2, 0) is 0 Å². The number of aliphatic hydroxyl groups excluding tert-OH is 2. The predicted octanol–water partition coefficient (Wildman–Crippen LogP) is -0.722. The SMILES string of the molecule is O[C@@H]1C=C[C@H]1O. The molecule has 2 N–H and O–H groups in total. The quantitative estimate of drug-likeness (QED) is 0.382. The van der Waals surface area contributed by atoms with Crippen LogP contribution in [-0.4, -0.2) is 22.4 Å². The first-order chi connectivity index (χ1) is 2.80. The maximum atomic E-state index is 8.38. The summed E-state index contributed by atoms with van der Waals surface area (Å²) in [4.78, 5) is 0. The number of hydrogen-bond acceptors (Lipinski definition) is 2. The summed E-state index contributed by atoms with van der Waals surface area (Å²) in [5.41, 5.74) is 0. The Morgan fingerprint density at radius 2 is 1.33 bits per heavy atom. The van der Waals surface area contributed by atoms with Gasteiger partial charge in [-0.15, -0.1) is 0 Å². The third kappa shape index (κ3) is 0.345. The summed E-state index contributed by atoms with van der Waals surface area (Å²) in [5, 5.41) is 16.8. The molecule has 0 aliphatic heterocycles. The van der Waals surface area contributed by atoms with E-state index in [1.165, 1.54) is 0 Å². The van der Waals surface area contributed by atoms with Gasteiger partial charge in [0.15, 0.2) is 0 Å². The van der Waals surface area contributed by atoms with Gasteiger partial charge >= 0.3 is 0 Å². The number of rotatable bonds is 0.